The highest BCUT2D eigenvalue weighted by atomic mass is 32.2. The van der Waals surface area contributed by atoms with Gasteiger partial charge in [-0.3, -0.25) is 0 Å². The predicted molar refractivity (Wildman–Crippen MR) is 143 cm³/mol. The summed E-state index contributed by atoms with van der Waals surface area (Å²) >= 11 is 0. The van der Waals surface area contributed by atoms with E-state index in [-0.39, 0.29) is 16.3 Å². The van der Waals surface area contributed by atoms with Crippen LogP contribution in [-0.2, 0) is 10.0 Å². The van der Waals surface area contributed by atoms with Crippen molar-refractivity contribution in [2.75, 3.05) is 0 Å². The summed E-state index contributed by atoms with van der Waals surface area (Å²) in [6.45, 7) is 1.90. The number of aromatic nitrogens is 1. The van der Waals surface area contributed by atoms with Gasteiger partial charge in [0.25, 0.3) is 10.0 Å². The van der Waals surface area contributed by atoms with E-state index in [4.69, 9.17) is 0 Å². The SMILES string of the molecule is Cc1ccc(S(=O)(=O)n2ccc3cc(/C=C/c4cc(-c5ccc(F)cc5)ccc4C(=O)O)ccc32)cc1. The summed E-state index contributed by atoms with van der Waals surface area (Å²) < 4.78 is 40.9. The van der Waals surface area contributed by atoms with Gasteiger partial charge in [0.1, 0.15) is 5.82 Å². The highest BCUT2D eigenvalue weighted by Crippen LogP contribution is 2.27. The maximum Gasteiger partial charge on any atom is 0.336 e. The molecule has 0 saturated heterocycles. The van der Waals surface area contributed by atoms with Crippen LogP contribution < -0.4 is 0 Å². The third kappa shape index (κ3) is 4.81. The molecule has 0 aliphatic carbocycles. The van der Waals surface area contributed by atoms with Crippen LogP contribution in [-0.4, -0.2) is 23.5 Å². The number of aryl methyl sites for hydroxylation is 1. The van der Waals surface area contributed by atoms with Gasteiger partial charge < -0.3 is 5.11 Å². The maximum absolute atomic E-state index is 13.3. The second-order valence-corrected chi connectivity index (χ2v) is 10.5. The Balaban J connectivity index is 1.49. The molecule has 0 spiro atoms. The van der Waals surface area contributed by atoms with Gasteiger partial charge in [-0.1, -0.05) is 54.1 Å². The van der Waals surface area contributed by atoms with Gasteiger partial charge in [-0.05, 0) is 83.8 Å². The summed E-state index contributed by atoms with van der Waals surface area (Å²) in [5.41, 5.74) is 4.46. The fourth-order valence-corrected chi connectivity index (χ4v) is 5.53. The van der Waals surface area contributed by atoms with Crippen LogP contribution in [0.25, 0.3) is 34.2 Å². The van der Waals surface area contributed by atoms with E-state index in [0.717, 1.165) is 27.6 Å². The first-order valence-electron chi connectivity index (χ1n) is 11.5. The Morgan fingerprint density at radius 2 is 1.54 bits per heavy atom. The van der Waals surface area contributed by atoms with E-state index in [9.17, 15) is 22.7 Å². The van der Waals surface area contributed by atoms with Crippen LogP contribution in [0.15, 0.2) is 102 Å². The average molecular weight is 512 g/mol. The van der Waals surface area contributed by atoms with Gasteiger partial charge in [-0.25, -0.2) is 21.6 Å². The Kier molecular flexibility index (Phi) is 6.23. The van der Waals surface area contributed by atoms with E-state index in [1.807, 2.05) is 13.0 Å². The lowest BCUT2D eigenvalue weighted by Gasteiger charge is -2.08. The number of benzene rings is 4. The van der Waals surface area contributed by atoms with Crippen molar-refractivity contribution in [3.63, 3.8) is 0 Å². The number of nitrogens with zero attached hydrogens (tertiary/aromatic N) is 1. The molecule has 0 aliphatic rings. The van der Waals surface area contributed by atoms with Crippen molar-refractivity contribution in [3.05, 3.63) is 125 Å². The fraction of sp³-hybridized carbons (Fsp3) is 0.0333. The first-order chi connectivity index (χ1) is 17.7. The number of carboxylic acid groups (broad SMARTS) is 1. The molecule has 184 valence electrons. The van der Waals surface area contributed by atoms with Gasteiger partial charge in [0.05, 0.1) is 16.0 Å². The Bertz CT molecular complexity index is 1770. The molecule has 0 saturated carbocycles. The van der Waals surface area contributed by atoms with Crippen molar-refractivity contribution in [1.82, 2.24) is 3.97 Å². The summed E-state index contributed by atoms with van der Waals surface area (Å²) in [6, 6.07) is 24.8. The number of hydrogen-bond donors (Lipinski definition) is 1. The van der Waals surface area contributed by atoms with Gasteiger partial charge in [-0.15, -0.1) is 0 Å². The molecule has 0 atom stereocenters. The quantitative estimate of drug-likeness (QED) is 0.253. The van der Waals surface area contributed by atoms with Gasteiger partial charge in [0.2, 0.25) is 0 Å². The number of rotatable bonds is 6. The van der Waals surface area contributed by atoms with Crippen LogP contribution >= 0.6 is 0 Å². The summed E-state index contributed by atoms with van der Waals surface area (Å²) in [5, 5.41) is 10.4. The molecule has 5 aromatic rings. The zero-order chi connectivity index (χ0) is 26.2. The van der Waals surface area contributed by atoms with Crippen molar-refractivity contribution >= 4 is 39.0 Å². The number of halogens is 1. The van der Waals surface area contributed by atoms with Crippen molar-refractivity contribution in [2.45, 2.75) is 11.8 Å². The number of hydrogen-bond acceptors (Lipinski definition) is 3. The van der Waals surface area contributed by atoms with Crippen molar-refractivity contribution in [1.29, 1.82) is 0 Å². The van der Waals surface area contributed by atoms with Gasteiger partial charge in [-0.2, -0.15) is 0 Å². The van der Waals surface area contributed by atoms with Crippen molar-refractivity contribution in [3.8, 4) is 11.1 Å². The Morgan fingerprint density at radius 1 is 0.838 bits per heavy atom. The van der Waals surface area contributed by atoms with Crippen LogP contribution in [0.4, 0.5) is 4.39 Å². The molecule has 1 N–H and O–H groups in total. The largest absolute Gasteiger partial charge is 0.478 e. The molecule has 5 rings (SSSR count). The molecular formula is C30H22FNO4S. The van der Waals surface area contributed by atoms with Gasteiger partial charge in [0, 0.05) is 11.6 Å². The third-order valence-electron chi connectivity index (χ3n) is 6.17. The fourth-order valence-electron chi connectivity index (χ4n) is 4.18. The second-order valence-electron chi connectivity index (χ2n) is 8.70. The summed E-state index contributed by atoms with van der Waals surface area (Å²) in [4.78, 5) is 12.0. The minimum Gasteiger partial charge on any atom is -0.478 e. The zero-order valence-electron chi connectivity index (χ0n) is 19.8. The first-order valence-corrected chi connectivity index (χ1v) is 12.9. The minimum atomic E-state index is -3.75. The number of fused-ring (bicyclic) bond motifs is 1. The Hall–Kier alpha value is -4.49. The smallest absolute Gasteiger partial charge is 0.336 e. The number of carboxylic acids is 1. The van der Waals surface area contributed by atoms with Crippen LogP contribution in [0, 0.1) is 12.7 Å². The van der Waals surface area contributed by atoms with E-state index in [0.29, 0.717) is 11.1 Å². The highest BCUT2D eigenvalue weighted by molar-refractivity contribution is 7.90. The molecule has 1 aromatic heterocycles. The standard InChI is InChI=1S/C30H22FNO4S/c1-20-2-12-27(13-3-20)37(35,36)32-17-16-25-18-21(5-15-29(25)32)4-6-24-19-23(9-14-28(24)30(33)34)22-7-10-26(31)11-8-22/h2-19H,1H3,(H,33,34)/b6-4+. The van der Waals surface area contributed by atoms with E-state index < -0.39 is 16.0 Å². The average Bonchev–Trinajstić information content (AvgIpc) is 3.32. The second kappa shape index (κ2) is 9.52. The van der Waals surface area contributed by atoms with Crippen molar-refractivity contribution < 1.29 is 22.7 Å². The summed E-state index contributed by atoms with van der Waals surface area (Å²) in [6.07, 6.45) is 5.02. The Labute approximate surface area is 213 Å². The van der Waals surface area contributed by atoms with Gasteiger partial charge >= 0.3 is 5.97 Å². The molecule has 4 aromatic carbocycles. The highest BCUT2D eigenvalue weighted by Gasteiger charge is 2.18. The minimum absolute atomic E-state index is 0.138. The summed E-state index contributed by atoms with van der Waals surface area (Å²) in [7, 11) is -3.75. The Morgan fingerprint density at radius 3 is 2.24 bits per heavy atom. The van der Waals surface area contributed by atoms with E-state index >= 15 is 0 Å². The third-order valence-corrected chi connectivity index (χ3v) is 7.88. The first kappa shape index (κ1) is 24.2. The van der Waals surface area contributed by atoms with Crippen LogP contribution in [0.5, 0.6) is 0 Å². The van der Waals surface area contributed by atoms with Crippen LogP contribution in [0.2, 0.25) is 0 Å². The monoisotopic (exact) mass is 511 g/mol. The molecular weight excluding hydrogens is 489 g/mol. The lowest BCUT2D eigenvalue weighted by atomic mass is 9.98. The topological polar surface area (TPSA) is 76.4 Å². The summed E-state index contributed by atoms with van der Waals surface area (Å²) in [5.74, 6) is -1.40. The molecule has 7 heteroatoms. The lowest BCUT2D eigenvalue weighted by Crippen LogP contribution is -2.11. The van der Waals surface area contributed by atoms with Crippen LogP contribution in [0.1, 0.15) is 27.0 Å². The molecule has 0 aliphatic heterocycles. The molecule has 0 fully saturated rings. The number of aromatic carboxylic acids is 1. The number of carbonyl (C=O) groups is 1. The normalized spacial score (nSPS) is 11.8. The van der Waals surface area contributed by atoms with E-state index in [2.05, 4.69) is 0 Å². The van der Waals surface area contributed by atoms with Crippen LogP contribution in [0.3, 0.4) is 0 Å². The molecule has 0 amide bonds. The van der Waals surface area contributed by atoms with E-state index in [1.165, 1.54) is 28.4 Å². The molecule has 0 radical (unpaired) electrons. The predicted octanol–water partition coefficient (Wildman–Crippen LogP) is 6.86. The molecule has 0 unspecified atom stereocenters. The van der Waals surface area contributed by atoms with E-state index in [1.54, 1.807) is 78.9 Å². The molecule has 5 nitrogen and oxygen atoms in total. The van der Waals surface area contributed by atoms with Gasteiger partial charge in [0.15, 0.2) is 0 Å². The maximum atomic E-state index is 13.3. The van der Waals surface area contributed by atoms with Crippen molar-refractivity contribution in [2.24, 2.45) is 0 Å². The molecule has 37 heavy (non-hydrogen) atoms. The molecule has 1 heterocycles. The zero-order valence-corrected chi connectivity index (χ0v) is 20.6. The molecule has 0 bridgehead atoms. The lowest BCUT2D eigenvalue weighted by molar-refractivity contribution is 0.0696.